The van der Waals surface area contributed by atoms with Crippen molar-refractivity contribution in [3.8, 4) is 39.9 Å². The summed E-state index contributed by atoms with van der Waals surface area (Å²) in [4.78, 5) is 27.5. The summed E-state index contributed by atoms with van der Waals surface area (Å²) >= 11 is 0. The largest absolute Gasteiger partial charge is 0.497 e. The molecule has 0 radical (unpaired) electrons. The van der Waals surface area contributed by atoms with Crippen molar-refractivity contribution in [2.24, 2.45) is 22.7 Å². The van der Waals surface area contributed by atoms with Crippen molar-refractivity contribution in [1.29, 1.82) is 0 Å². The Morgan fingerprint density at radius 3 is 2.24 bits per heavy atom. The van der Waals surface area contributed by atoms with Gasteiger partial charge in [0.05, 0.1) is 25.7 Å². The first-order valence-corrected chi connectivity index (χ1v) is 15.7. The fourth-order valence-electron chi connectivity index (χ4n) is 7.44. The molecule has 8 nitrogen and oxygen atoms in total. The molecule has 8 heteroatoms. The molecule has 1 aliphatic heterocycles. The zero-order valence-electron chi connectivity index (χ0n) is 26.9. The van der Waals surface area contributed by atoms with Crippen molar-refractivity contribution in [2.45, 2.75) is 72.5 Å². The molecule has 0 saturated heterocycles. The normalized spacial score (nSPS) is 22.7. The fraction of sp³-hybridized carbons (Fsp3) is 0.459. The van der Waals surface area contributed by atoms with Crippen LogP contribution in [0.5, 0.6) is 28.7 Å². The van der Waals surface area contributed by atoms with Crippen LogP contribution in [-0.4, -0.2) is 31.3 Å². The monoisotopic (exact) mass is 614 g/mol. The molecule has 0 aromatic heterocycles. The minimum Gasteiger partial charge on any atom is -0.497 e. The Balaban J connectivity index is 1.45. The molecular weight excluding hydrogens is 572 g/mol. The third-order valence-electron chi connectivity index (χ3n) is 9.91. The maximum absolute atomic E-state index is 14.0. The summed E-state index contributed by atoms with van der Waals surface area (Å²) in [6, 6.07) is 14.6. The lowest BCUT2D eigenvalue weighted by atomic mass is 9.80. The number of aliphatic hydroxyl groups is 1. The van der Waals surface area contributed by atoms with Crippen LogP contribution in [0.2, 0.25) is 0 Å². The smallest absolute Gasteiger partial charge is 0.346 e. The molecule has 3 aliphatic rings. The molecule has 2 bridgehead atoms. The summed E-state index contributed by atoms with van der Waals surface area (Å²) in [6.07, 6.45) is 3.71. The number of rotatable bonds is 7. The summed E-state index contributed by atoms with van der Waals surface area (Å²) in [5.41, 5.74) is 2.02. The molecule has 45 heavy (non-hydrogen) atoms. The van der Waals surface area contributed by atoms with E-state index in [2.05, 4.69) is 0 Å². The molecule has 6 rings (SSSR count). The van der Waals surface area contributed by atoms with Gasteiger partial charge in [-0.2, -0.15) is 0 Å². The van der Waals surface area contributed by atoms with Crippen molar-refractivity contribution < 1.29 is 38.4 Å². The molecule has 1 unspecified atom stereocenters. The van der Waals surface area contributed by atoms with Crippen LogP contribution in [0.1, 0.15) is 87.4 Å². The van der Waals surface area contributed by atoms with Gasteiger partial charge in [-0.3, -0.25) is 4.79 Å². The van der Waals surface area contributed by atoms with Crippen molar-refractivity contribution in [3.05, 3.63) is 65.2 Å². The van der Waals surface area contributed by atoms with Gasteiger partial charge in [0.15, 0.2) is 11.5 Å². The number of methoxy groups -OCH3 is 2. The number of hydrogen-bond donors (Lipinski definition) is 1. The standard InChI is InChI=1S/C37H42O8/c1-36(2,3)19-28(38)27-15-16-29-31(33(27)42-6)34(39)43-20-23-17-22(21-7-13-26(41-5)14-8-21)18-30(32(23)44-29)45-35(40)37(4)24-9-10-25(37)12-11-24/h7-8,13-18,24-25,28,38H,9-12,19-20H2,1-6H3. The average Bonchev–Trinajstić information content (AvgIpc) is 3.51. The van der Waals surface area contributed by atoms with Gasteiger partial charge in [-0.25, -0.2) is 4.79 Å². The Morgan fingerprint density at radius 1 is 0.978 bits per heavy atom. The van der Waals surface area contributed by atoms with Gasteiger partial charge in [-0.15, -0.1) is 0 Å². The third-order valence-corrected chi connectivity index (χ3v) is 9.91. The number of esters is 2. The Morgan fingerprint density at radius 2 is 1.64 bits per heavy atom. The maximum atomic E-state index is 14.0. The van der Waals surface area contributed by atoms with Crippen LogP contribution in [0, 0.1) is 22.7 Å². The highest BCUT2D eigenvalue weighted by molar-refractivity contribution is 5.97. The molecule has 0 spiro atoms. The lowest BCUT2D eigenvalue weighted by Crippen LogP contribution is -2.36. The van der Waals surface area contributed by atoms with Crippen LogP contribution < -0.4 is 18.9 Å². The van der Waals surface area contributed by atoms with Crippen LogP contribution in [0.25, 0.3) is 11.1 Å². The van der Waals surface area contributed by atoms with E-state index < -0.39 is 17.5 Å². The summed E-state index contributed by atoms with van der Waals surface area (Å²) in [7, 11) is 3.06. The zero-order chi connectivity index (χ0) is 32.1. The summed E-state index contributed by atoms with van der Waals surface area (Å²) in [6.45, 7) is 8.01. The predicted molar refractivity (Wildman–Crippen MR) is 169 cm³/mol. The van der Waals surface area contributed by atoms with Gasteiger partial charge in [0.1, 0.15) is 29.4 Å². The zero-order valence-corrected chi connectivity index (χ0v) is 26.9. The van der Waals surface area contributed by atoms with E-state index in [-0.39, 0.29) is 40.8 Å². The quantitative estimate of drug-likeness (QED) is 0.211. The molecule has 2 aliphatic carbocycles. The minimum atomic E-state index is -0.873. The Bertz CT molecular complexity index is 1600. The number of benzene rings is 3. The Labute approximate surface area is 264 Å². The first kappa shape index (κ1) is 31.0. The SMILES string of the molecule is COc1ccc(-c2cc3c(c(OC(=O)C4(C)C5CCC4CC5)c2)Oc2ccc(C(O)CC(C)(C)C)c(OC)c2C(=O)OC3)cc1. The van der Waals surface area contributed by atoms with E-state index in [4.69, 9.17) is 23.7 Å². The minimum absolute atomic E-state index is 0.0749. The van der Waals surface area contributed by atoms with E-state index in [0.29, 0.717) is 35.1 Å². The molecule has 2 fully saturated rings. The number of carbonyl (C=O) groups excluding carboxylic acids is 2. The van der Waals surface area contributed by atoms with Crippen molar-refractivity contribution in [1.82, 2.24) is 0 Å². The van der Waals surface area contributed by atoms with E-state index in [9.17, 15) is 14.7 Å². The van der Waals surface area contributed by atoms with E-state index in [1.807, 2.05) is 58.0 Å². The lowest BCUT2D eigenvalue weighted by Gasteiger charge is -2.29. The highest BCUT2D eigenvalue weighted by atomic mass is 16.6. The van der Waals surface area contributed by atoms with Crippen LogP contribution in [-0.2, 0) is 16.1 Å². The summed E-state index contributed by atoms with van der Waals surface area (Å²) in [5, 5.41) is 11.1. The van der Waals surface area contributed by atoms with Gasteiger partial charge >= 0.3 is 11.9 Å². The van der Waals surface area contributed by atoms with Crippen LogP contribution >= 0.6 is 0 Å². The number of hydrogen-bond acceptors (Lipinski definition) is 8. The van der Waals surface area contributed by atoms with Gasteiger partial charge < -0.3 is 28.8 Å². The third kappa shape index (κ3) is 5.65. The summed E-state index contributed by atoms with van der Waals surface area (Å²) < 4.78 is 29.7. The van der Waals surface area contributed by atoms with Crippen molar-refractivity contribution in [2.75, 3.05) is 14.2 Å². The van der Waals surface area contributed by atoms with Crippen molar-refractivity contribution >= 4 is 11.9 Å². The van der Waals surface area contributed by atoms with Crippen LogP contribution in [0.15, 0.2) is 48.5 Å². The van der Waals surface area contributed by atoms with Crippen LogP contribution in [0.3, 0.4) is 0 Å². The molecule has 1 N–H and O–H groups in total. The molecular formula is C37H42O8. The average molecular weight is 615 g/mol. The highest BCUT2D eigenvalue weighted by Gasteiger charge is 2.57. The van der Waals surface area contributed by atoms with Gasteiger partial charge in [-0.05, 0) is 104 Å². The lowest BCUT2D eigenvalue weighted by molar-refractivity contribution is -0.147. The number of ether oxygens (including phenoxy) is 5. The highest BCUT2D eigenvalue weighted by Crippen LogP contribution is 2.59. The number of aliphatic hydroxyl groups excluding tert-OH is 1. The first-order valence-electron chi connectivity index (χ1n) is 15.7. The van der Waals surface area contributed by atoms with Gasteiger partial charge in [0.2, 0.25) is 0 Å². The fourth-order valence-corrected chi connectivity index (χ4v) is 7.44. The van der Waals surface area contributed by atoms with E-state index >= 15 is 0 Å². The molecule has 0 amide bonds. The maximum Gasteiger partial charge on any atom is 0.346 e. The van der Waals surface area contributed by atoms with E-state index in [0.717, 1.165) is 42.6 Å². The van der Waals surface area contributed by atoms with Crippen LogP contribution in [0.4, 0.5) is 0 Å². The Kier molecular flexibility index (Phi) is 8.06. The molecule has 2 saturated carbocycles. The molecule has 1 atom stereocenters. The molecule has 3 aromatic rings. The number of fused-ring (bicyclic) bond motifs is 4. The van der Waals surface area contributed by atoms with E-state index in [1.165, 1.54) is 7.11 Å². The molecule has 3 aromatic carbocycles. The molecule has 1 heterocycles. The Hall–Kier alpha value is -4.04. The first-order chi connectivity index (χ1) is 21.4. The predicted octanol–water partition coefficient (Wildman–Crippen LogP) is 8.03. The summed E-state index contributed by atoms with van der Waals surface area (Å²) in [5.74, 6) is 1.36. The molecule has 238 valence electrons. The van der Waals surface area contributed by atoms with Gasteiger partial charge in [-0.1, -0.05) is 32.9 Å². The topological polar surface area (TPSA) is 101 Å². The number of cyclic esters (lactones) is 1. The van der Waals surface area contributed by atoms with E-state index in [1.54, 1.807) is 25.3 Å². The second-order valence-electron chi connectivity index (χ2n) is 13.9. The van der Waals surface area contributed by atoms with Gasteiger partial charge in [0, 0.05) is 11.1 Å². The number of carbonyl (C=O) groups is 2. The second kappa shape index (κ2) is 11.7. The van der Waals surface area contributed by atoms with Crippen molar-refractivity contribution in [3.63, 3.8) is 0 Å². The van der Waals surface area contributed by atoms with Gasteiger partial charge in [0.25, 0.3) is 0 Å². The second-order valence-corrected chi connectivity index (χ2v) is 13.9.